The molecule has 122 valence electrons. The number of hydrogen-bond acceptors (Lipinski definition) is 3. The number of para-hydroxylation sites is 2. The topological polar surface area (TPSA) is 76.0 Å². The molecule has 1 atom stereocenters. The summed E-state index contributed by atoms with van der Waals surface area (Å²) >= 11 is 0. The fraction of sp³-hybridized carbons (Fsp3) is 0.471. The van der Waals surface area contributed by atoms with Crippen molar-refractivity contribution in [2.45, 2.75) is 45.2 Å². The molecular formula is C17H22N4O2. The van der Waals surface area contributed by atoms with Gasteiger partial charge >= 0.3 is 0 Å². The fourth-order valence-electron chi connectivity index (χ4n) is 3.03. The Balaban J connectivity index is 1.66. The predicted molar refractivity (Wildman–Crippen MR) is 87.9 cm³/mol. The number of carbonyl (C=O) groups excluding carboxylic acids is 2. The Morgan fingerprint density at radius 3 is 3.04 bits per heavy atom. The van der Waals surface area contributed by atoms with Gasteiger partial charge in [0.1, 0.15) is 11.9 Å². The lowest BCUT2D eigenvalue weighted by atomic mass is 10.1. The second kappa shape index (κ2) is 6.81. The Morgan fingerprint density at radius 2 is 2.26 bits per heavy atom. The Hall–Kier alpha value is -2.37. The Morgan fingerprint density at radius 1 is 1.43 bits per heavy atom. The highest BCUT2D eigenvalue weighted by molar-refractivity contribution is 5.88. The highest BCUT2D eigenvalue weighted by atomic mass is 16.2. The summed E-state index contributed by atoms with van der Waals surface area (Å²) in [6.45, 7) is 3.33. The van der Waals surface area contributed by atoms with E-state index < -0.39 is 0 Å². The zero-order valence-electron chi connectivity index (χ0n) is 13.3. The molecule has 0 saturated carbocycles. The van der Waals surface area contributed by atoms with E-state index in [0.29, 0.717) is 25.9 Å². The third-order valence-electron chi connectivity index (χ3n) is 4.23. The molecule has 6 nitrogen and oxygen atoms in total. The summed E-state index contributed by atoms with van der Waals surface area (Å²) in [5.41, 5.74) is 2.00. The highest BCUT2D eigenvalue weighted by Crippen LogP contribution is 2.17. The maximum atomic E-state index is 12.2. The van der Waals surface area contributed by atoms with Gasteiger partial charge in [-0.25, -0.2) is 4.98 Å². The molecule has 1 aromatic heterocycles. The Bertz CT molecular complexity index is 722. The highest BCUT2D eigenvalue weighted by Gasteiger charge is 2.23. The van der Waals surface area contributed by atoms with Gasteiger partial charge < -0.3 is 15.2 Å². The summed E-state index contributed by atoms with van der Waals surface area (Å²) in [7, 11) is 0. The monoisotopic (exact) mass is 314 g/mol. The maximum absolute atomic E-state index is 12.2. The fourth-order valence-corrected chi connectivity index (χ4v) is 3.03. The van der Waals surface area contributed by atoms with E-state index >= 15 is 0 Å². The number of nitrogens with one attached hydrogen (secondary N) is 2. The molecule has 0 radical (unpaired) electrons. The summed E-state index contributed by atoms with van der Waals surface area (Å²) in [5.74, 6) is 0.813. The van der Waals surface area contributed by atoms with Crippen LogP contribution in [-0.2, 0) is 22.6 Å². The van der Waals surface area contributed by atoms with Crippen molar-refractivity contribution in [2.24, 2.45) is 0 Å². The molecule has 2 N–H and O–H groups in total. The number of fused-ring (bicyclic) bond motifs is 1. The molecule has 6 heteroatoms. The van der Waals surface area contributed by atoms with Gasteiger partial charge in [-0.1, -0.05) is 19.1 Å². The molecule has 0 bridgehead atoms. The molecular weight excluding hydrogens is 292 g/mol. The van der Waals surface area contributed by atoms with E-state index in [9.17, 15) is 9.59 Å². The van der Waals surface area contributed by atoms with Crippen LogP contribution in [0.5, 0.6) is 0 Å². The summed E-state index contributed by atoms with van der Waals surface area (Å²) in [6.07, 6.45) is 2.78. The number of amides is 2. The van der Waals surface area contributed by atoms with Crippen molar-refractivity contribution in [2.75, 3.05) is 6.54 Å². The standard InChI is InChI=1S/C17H22N4O2/c1-2-15-19-12-6-3-4-8-14(12)21(15)11-9-16(22)20-13-7-5-10-18-17(13)23/h3-4,6,8,13H,2,5,7,9-11H2,1H3,(H,18,23)(H,20,22)/t13-/m1/s1. The van der Waals surface area contributed by atoms with Crippen LogP contribution in [-0.4, -0.2) is 34.0 Å². The van der Waals surface area contributed by atoms with Crippen LogP contribution in [0, 0.1) is 0 Å². The predicted octanol–water partition coefficient (Wildman–Crippen LogP) is 1.38. The number of rotatable bonds is 5. The number of nitrogens with zero attached hydrogens (tertiary/aromatic N) is 2. The van der Waals surface area contributed by atoms with Gasteiger partial charge in [-0.15, -0.1) is 0 Å². The number of imidazole rings is 1. The average Bonchev–Trinajstić information content (AvgIpc) is 2.93. The van der Waals surface area contributed by atoms with Crippen molar-refractivity contribution >= 4 is 22.8 Å². The first-order valence-electron chi connectivity index (χ1n) is 8.20. The first kappa shape index (κ1) is 15.5. The van der Waals surface area contributed by atoms with Crippen molar-refractivity contribution in [1.82, 2.24) is 20.2 Å². The second-order valence-electron chi connectivity index (χ2n) is 5.83. The van der Waals surface area contributed by atoms with Crippen molar-refractivity contribution in [3.8, 4) is 0 Å². The second-order valence-corrected chi connectivity index (χ2v) is 5.83. The molecule has 1 fully saturated rings. The van der Waals surface area contributed by atoms with Crippen LogP contribution >= 0.6 is 0 Å². The van der Waals surface area contributed by atoms with Crippen LogP contribution in [0.2, 0.25) is 0 Å². The van der Waals surface area contributed by atoms with Crippen molar-refractivity contribution in [3.63, 3.8) is 0 Å². The maximum Gasteiger partial charge on any atom is 0.242 e. The number of carbonyl (C=O) groups is 2. The molecule has 0 spiro atoms. The van der Waals surface area contributed by atoms with Gasteiger partial charge in [-0.2, -0.15) is 0 Å². The molecule has 1 aliphatic rings. The zero-order chi connectivity index (χ0) is 16.2. The number of aryl methyl sites for hydroxylation is 2. The summed E-state index contributed by atoms with van der Waals surface area (Å²) < 4.78 is 2.09. The van der Waals surface area contributed by atoms with Gasteiger partial charge in [0.05, 0.1) is 11.0 Å². The molecule has 1 aliphatic heterocycles. The van der Waals surface area contributed by atoms with E-state index in [4.69, 9.17) is 0 Å². The van der Waals surface area contributed by atoms with Gasteiger partial charge in [0.25, 0.3) is 0 Å². The number of aromatic nitrogens is 2. The first-order chi connectivity index (χ1) is 11.2. The molecule has 23 heavy (non-hydrogen) atoms. The minimum atomic E-state index is -0.388. The Kier molecular flexibility index (Phi) is 4.60. The Labute approximate surface area is 135 Å². The number of piperidine rings is 1. The third kappa shape index (κ3) is 3.36. The van der Waals surface area contributed by atoms with Crippen molar-refractivity contribution < 1.29 is 9.59 Å². The molecule has 1 aromatic carbocycles. The molecule has 3 rings (SSSR count). The van der Waals surface area contributed by atoms with Gasteiger partial charge in [-0.3, -0.25) is 9.59 Å². The largest absolute Gasteiger partial charge is 0.354 e. The number of benzene rings is 1. The first-order valence-corrected chi connectivity index (χ1v) is 8.20. The minimum Gasteiger partial charge on any atom is -0.354 e. The number of hydrogen-bond donors (Lipinski definition) is 2. The van der Waals surface area contributed by atoms with Crippen LogP contribution < -0.4 is 10.6 Å². The van der Waals surface area contributed by atoms with E-state index in [1.165, 1.54) is 0 Å². The molecule has 2 heterocycles. The molecule has 2 amide bonds. The summed E-state index contributed by atoms with van der Waals surface area (Å²) in [6, 6.07) is 7.56. The van der Waals surface area contributed by atoms with E-state index in [1.807, 2.05) is 24.3 Å². The third-order valence-corrected chi connectivity index (χ3v) is 4.23. The average molecular weight is 314 g/mol. The zero-order valence-corrected chi connectivity index (χ0v) is 13.3. The van der Waals surface area contributed by atoms with Gasteiger partial charge in [0.15, 0.2) is 0 Å². The van der Waals surface area contributed by atoms with E-state index in [0.717, 1.165) is 29.7 Å². The SMILES string of the molecule is CCc1nc2ccccc2n1CCC(=O)N[C@@H]1CCCNC1=O. The van der Waals surface area contributed by atoms with Crippen molar-refractivity contribution in [1.29, 1.82) is 0 Å². The van der Waals surface area contributed by atoms with Crippen LogP contribution in [0.4, 0.5) is 0 Å². The molecule has 2 aromatic rings. The lowest BCUT2D eigenvalue weighted by molar-refractivity contribution is -0.130. The summed E-state index contributed by atoms with van der Waals surface area (Å²) in [5, 5.41) is 5.61. The minimum absolute atomic E-state index is 0.0769. The van der Waals surface area contributed by atoms with E-state index in [-0.39, 0.29) is 17.9 Å². The molecule has 1 saturated heterocycles. The van der Waals surface area contributed by atoms with E-state index in [1.54, 1.807) is 0 Å². The normalized spacial score (nSPS) is 18.0. The van der Waals surface area contributed by atoms with Crippen molar-refractivity contribution in [3.05, 3.63) is 30.1 Å². The van der Waals surface area contributed by atoms with E-state index in [2.05, 4.69) is 27.1 Å². The lowest BCUT2D eigenvalue weighted by Crippen LogP contribution is -2.50. The quantitative estimate of drug-likeness (QED) is 0.875. The van der Waals surface area contributed by atoms with Gasteiger partial charge in [0, 0.05) is 25.9 Å². The lowest BCUT2D eigenvalue weighted by Gasteiger charge is -2.22. The van der Waals surface area contributed by atoms with Gasteiger partial charge in [-0.05, 0) is 25.0 Å². The smallest absolute Gasteiger partial charge is 0.242 e. The molecule has 0 unspecified atom stereocenters. The van der Waals surface area contributed by atoms with Crippen LogP contribution in [0.15, 0.2) is 24.3 Å². The van der Waals surface area contributed by atoms with Crippen LogP contribution in [0.25, 0.3) is 11.0 Å². The van der Waals surface area contributed by atoms with Crippen LogP contribution in [0.3, 0.4) is 0 Å². The van der Waals surface area contributed by atoms with Crippen LogP contribution in [0.1, 0.15) is 32.0 Å². The summed E-state index contributed by atoms with van der Waals surface area (Å²) in [4.78, 5) is 28.5. The molecule has 0 aliphatic carbocycles. The van der Waals surface area contributed by atoms with Gasteiger partial charge in [0.2, 0.25) is 11.8 Å².